The lowest BCUT2D eigenvalue weighted by atomic mass is 10.2. The zero-order valence-electron chi connectivity index (χ0n) is 17.8. The molecule has 0 saturated heterocycles. The second-order valence-electron chi connectivity index (χ2n) is 6.78. The van der Waals surface area contributed by atoms with E-state index in [2.05, 4.69) is 26.5 Å². The molecule has 29 heavy (non-hydrogen) atoms. The van der Waals surface area contributed by atoms with Gasteiger partial charge in [-0.2, -0.15) is 0 Å². The van der Waals surface area contributed by atoms with Gasteiger partial charge in [0.25, 0.3) is 0 Å². The van der Waals surface area contributed by atoms with E-state index in [1.54, 1.807) is 0 Å². The summed E-state index contributed by atoms with van der Waals surface area (Å²) in [6.45, 7) is 3.99. The van der Waals surface area contributed by atoms with Gasteiger partial charge in [0.15, 0.2) is 5.96 Å². The fourth-order valence-electron chi connectivity index (χ4n) is 0.969. The van der Waals surface area contributed by atoms with Crippen molar-refractivity contribution in [3.05, 3.63) is 0 Å². The summed E-state index contributed by atoms with van der Waals surface area (Å²) in [6.07, 6.45) is 0.975. The summed E-state index contributed by atoms with van der Waals surface area (Å²) in [5.74, 6) is -3.16. The van der Waals surface area contributed by atoms with E-state index >= 15 is 0 Å². The van der Waals surface area contributed by atoms with Gasteiger partial charge in [-0.25, -0.2) is 0 Å². The molecule has 0 aliphatic rings. The second kappa shape index (κ2) is 20.3. The molecule has 0 spiro atoms. The fraction of sp³-hybridized carbons (Fsp3) is 0.750. The van der Waals surface area contributed by atoms with E-state index in [-0.39, 0.29) is 12.6 Å². The minimum atomic E-state index is -1.08. The molecular formula is C16H38N6O7. The Balaban J connectivity index is -0.000000157. The molecule has 0 bridgehead atoms. The number of hydrogen-bond acceptors (Lipinski definition) is 8. The maximum atomic E-state index is 10.2. The number of aliphatic hydroxyl groups excluding tert-OH is 1. The molecule has 2 atom stereocenters. The molecule has 0 aliphatic heterocycles. The third kappa shape index (κ3) is 51.7. The molecular weight excluding hydrogens is 388 g/mol. The van der Waals surface area contributed by atoms with Crippen LogP contribution in [0, 0.1) is 5.41 Å². The molecule has 0 aromatic carbocycles. The standard InChI is InChI=1S/C6H14N4O2.C5H14NO.C3H7NO2.C2H4O2/c7-4(5(11)12)2-1-3-10-6(8)9;1-6(2,3)4-5-7;1-2(4)3(5)6;1-2(3)4/h4H,1-3,7H2,(H,11,12)(H4,8,9,10);7H,4-5H2,1-3H3;2H,4H2,1H3,(H,5,6);1H3,(H,3,4)/q;+1;;/p-1/t4-;;2-;/m0.0./s1. The molecule has 0 radical (unpaired) electrons. The van der Waals surface area contributed by atoms with Gasteiger partial charge >= 0.3 is 11.9 Å². The van der Waals surface area contributed by atoms with Gasteiger partial charge in [-0.1, -0.05) is 0 Å². The van der Waals surface area contributed by atoms with Crippen LogP contribution in [-0.4, -0.2) is 96.6 Å². The molecule has 13 heteroatoms. The number of carbonyl (C=O) groups excluding carboxylic acids is 1. The van der Waals surface area contributed by atoms with Crippen LogP contribution in [0.2, 0.25) is 0 Å². The number of aliphatic carboxylic acids is 3. The molecule has 0 aliphatic carbocycles. The van der Waals surface area contributed by atoms with Crippen LogP contribution in [0.25, 0.3) is 0 Å². The predicted octanol–water partition coefficient (Wildman–Crippen LogP) is -3.48. The molecule has 13 nitrogen and oxygen atoms in total. The van der Waals surface area contributed by atoms with E-state index in [1.807, 2.05) is 0 Å². The minimum Gasteiger partial charge on any atom is -0.550 e. The average Bonchev–Trinajstić information content (AvgIpc) is 2.50. The topological polar surface area (TPSA) is 249 Å². The number of carboxylic acids is 3. The Labute approximate surface area is 171 Å². The van der Waals surface area contributed by atoms with E-state index in [0.717, 1.165) is 18.0 Å². The van der Waals surface area contributed by atoms with E-state index in [4.69, 9.17) is 47.8 Å². The van der Waals surface area contributed by atoms with Gasteiger partial charge < -0.3 is 52.2 Å². The zero-order valence-corrected chi connectivity index (χ0v) is 17.8. The average molecular weight is 427 g/mol. The van der Waals surface area contributed by atoms with Crippen molar-refractivity contribution in [2.45, 2.75) is 38.8 Å². The van der Waals surface area contributed by atoms with Gasteiger partial charge in [-0.15, -0.1) is 0 Å². The summed E-state index contributed by atoms with van der Waals surface area (Å²) >= 11 is 0. The van der Waals surface area contributed by atoms with Crippen LogP contribution >= 0.6 is 0 Å². The van der Waals surface area contributed by atoms with Gasteiger partial charge in [0.2, 0.25) is 0 Å². The first kappa shape index (κ1) is 34.1. The van der Waals surface area contributed by atoms with E-state index in [1.165, 1.54) is 6.92 Å². The first-order valence-electron chi connectivity index (χ1n) is 8.61. The highest BCUT2D eigenvalue weighted by Gasteiger charge is 2.09. The Hall–Kier alpha value is -2.48. The lowest BCUT2D eigenvalue weighted by Gasteiger charge is -2.21. The van der Waals surface area contributed by atoms with Crippen LogP contribution in [0.3, 0.4) is 0 Å². The highest BCUT2D eigenvalue weighted by atomic mass is 16.4. The number of quaternary nitrogens is 1. The number of nitrogens with one attached hydrogen (secondary N) is 2. The van der Waals surface area contributed by atoms with Crippen molar-refractivity contribution >= 4 is 23.9 Å². The summed E-state index contributed by atoms with van der Waals surface area (Å²) in [4.78, 5) is 28.7. The Morgan fingerprint density at radius 3 is 1.69 bits per heavy atom. The fourth-order valence-corrected chi connectivity index (χ4v) is 0.969. The molecule has 0 saturated carbocycles. The number of carboxylic acid groups (broad SMARTS) is 3. The van der Waals surface area contributed by atoms with Crippen molar-refractivity contribution in [1.82, 2.24) is 5.32 Å². The molecule has 0 fully saturated rings. The number of nitrogens with two attached hydrogens (primary N) is 3. The molecule has 0 aromatic heterocycles. The van der Waals surface area contributed by atoms with Crippen LogP contribution in [0.1, 0.15) is 26.7 Å². The summed E-state index contributed by atoms with van der Waals surface area (Å²) in [6, 6.07) is -1.55. The van der Waals surface area contributed by atoms with Crippen LogP contribution in [-0.2, 0) is 14.4 Å². The number of carbonyl (C=O) groups is 3. The lowest BCUT2D eigenvalue weighted by molar-refractivity contribution is -0.870. The first-order valence-corrected chi connectivity index (χ1v) is 8.61. The number of hydrogen-bond donors (Lipinski definition) is 8. The van der Waals surface area contributed by atoms with Crippen molar-refractivity contribution in [1.29, 1.82) is 5.41 Å². The normalized spacial score (nSPS) is 11.6. The number of guanidine groups is 1. The summed E-state index contributed by atoms with van der Waals surface area (Å²) < 4.78 is 0.844. The van der Waals surface area contributed by atoms with Crippen LogP contribution in [0.4, 0.5) is 0 Å². The van der Waals surface area contributed by atoms with Crippen LogP contribution in [0.15, 0.2) is 0 Å². The van der Waals surface area contributed by atoms with Crippen molar-refractivity contribution in [3.8, 4) is 0 Å². The highest BCUT2D eigenvalue weighted by Crippen LogP contribution is 1.92. The van der Waals surface area contributed by atoms with Gasteiger partial charge in [-0.3, -0.25) is 15.0 Å². The molecule has 0 unspecified atom stereocenters. The van der Waals surface area contributed by atoms with Crippen LogP contribution in [0.5, 0.6) is 0 Å². The van der Waals surface area contributed by atoms with Crippen molar-refractivity contribution < 1.29 is 39.3 Å². The number of likely N-dealkylation sites (N-methyl/N-ethyl adjacent to an activating group) is 1. The summed E-state index contributed by atoms with van der Waals surface area (Å²) in [5.41, 5.74) is 15.1. The van der Waals surface area contributed by atoms with E-state index in [0.29, 0.717) is 19.4 Å². The van der Waals surface area contributed by atoms with E-state index < -0.39 is 30.0 Å². The van der Waals surface area contributed by atoms with Crippen molar-refractivity contribution in [3.63, 3.8) is 0 Å². The lowest BCUT2D eigenvalue weighted by Crippen LogP contribution is -2.36. The minimum absolute atomic E-state index is 0.112. The van der Waals surface area contributed by atoms with Crippen molar-refractivity contribution in [2.24, 2.45) is 17.2 Å². The monoisotopic (exact) mass is 426 g/mol. The molecule has 0 aromatic rings. The van der Waals surface area contributed by atoms with Gasteiger partial charge in [0, 0.05) is 12.5 Å². The Morgan fingerprint density at radius 1 is 1.14 bits per heavy atom. The zero-order chi connectivity index (χ0) is 24.2. The largest absolute Gasteiger partial charge is 0.550 e. The Kier molecular flexibility index (Phi) is 23.8. The summed E-state index contributed by atoms with van der Waals surface area (Å²) in [5, 5.41) is 42.9. The van der Waals surface area contributed by atoms with E-state index in [9.17, 15) is 9.59 Å². The third-order valence-corrected chi connectivity index (χ3v) is 2.48. The van der Waals surface area contributed by atoms with Crippen LogP contribution < -0.4 is 27.6 Å². The molecule has 0 amide bonds. The Morgan fingerprint density at radius 2 is 1.52 bits per heavy atom. The molecule has 0 heterocycles. The number of aliphatic hydroxyl groups is 1. The van der Waals surface area contributed by atoms with Gasteiger partial charge in [-0.05, 0) is 26.7 Å². The highest BCUT2D eigenvalue weighted by molar-refractivity contribution is 5.74. The number of nitrogens with zero attached hydrogens (tertiary/aromatic N) is 1. The summed E-state index contributed by atoms with van der Waals surface area (Å²) in [7, 11) is 6.16. The van der Waals surface area contributed by atoms with Gasteiger partial charge in [0.1, 0.15) is 18.6 Å². The van der Waals surface area contributed by atoms with Crippen molar-refractivity contribution in [2.75, 3.05) is 40.8 Å². The maximum Gasteiger partial charge on any atom is 0.320 e. The quantitative estimate of drug-likeness (QED) is 0.0818. The maximum absolute atomic E-state index is 10.2. The second-order valence-corrected chi connectivity index (χ2v) is 6.78. The Bertz CT molecular complexity index is 463. The van der Waals surface area contributed by atoms with Gasteiger partial charge in [0.05, 0.1) is 27.7 Å². The number of rotatable bonds is 8. The molecule has 0 rings (SSSR count). The smallest absolute Gasteiger partial charge is 0.320 e. The molecule has 174 valence electrons. The SMILES string of the molecule is CC(=O)[O-].C[C@H](N)C(=O)O.C[N+](C)(C)CCO.N=C(N)NCCC[C@H](N)C(=O)O. The predicted molar refractivity (Wildman–Crippen MR) is 107 cm³/mol. The molecule has 11 N–H and O–H groups in total. The third-order valence-electron chi connectivity index (χ3n) is 2.48. The first-order chi connectivity index (χ1) is 13.0.